The summed E-state index contributed by atoms with van der Waals surface area (Å²) >= 11 is 0. The van der Waals surface area contributed by atoms with E-state index >= 15 is 0 Å². The SMILES string of the molecule is CCC(=O)NC1CCN(c2cccc3c2OCCO3)C1. The van der Waals surface area contributed by atoms with Crippen LogP contribution in [0, 0.1) is 0 Å². The van der Waals surface area contributed by atoms with Crippen molar-refractivity contribution in [2.24, 2.45) is 0 Å². The molecule has 5 heteroatoms. The van der Waals surface area contributed by atoms with Crippen LogP contribution in [-0.2, 0) is 4.79 Å². The first-order valence-corrected chi connectivity index (χ1v) is 7.21. The third-order valence-corrected chi connectivity index (χ3v) is 3.76. The van der Waals surface area contributed by atoms with Gasteiger partial charge < -0.3 is 19.7 Å². The maximum absolute atomic E-state index is 11.5. The summed E-state index contributed by atoms with van der Waals surface area (Å²) in [6.45, 7) is 4.82. The van der Waals surface area contributed by atoms with E-state index in [4.69, 9.17) is 9.47 Å². The van der Waals surface area contributed by atoms with E-state index in [1.165, 1.54) is 0 Å². The molecule has 3 rings (SSSR count). The molecular weight excluding hydrogens is 256 g/mol. The number of anilines is 1. The van der Waals surface area contributed by atoms with Crippen LogP contribution in [0.3, 0.4) is 0 Å². The normalized spacial score (nSPS) is 20.9. The van der Waals surface area contributed by atoms with Crippen LogP contribution in [0.4, 0.5) is 5.69 Å². The predicted molar refractivity (Wildman–Crippen MR) is 76.5 cm³/mol. The lowest BCUT2D eigenvalue weighted by Gasteiger charge is -2.26. The van der Waals surface area contributed by atoms with Crippen molar-refractivity contribution in [2.75, 3.05) is 31.2 Å². The van der Waals surface area contributed by atoms with Gasteiger partial charge in [-0.1, -0.05) is 13.0 Å². The number of carbonyl (C=O) groups is 1. The minimum atomic E-state index is 0.117. The van der Waals surface area contributed by atoms with Crippen molar-refractivity contribution in [3.05, 3.63) is 18.2 Å². The lowest BCUT2D eigenvalue weighted by Crippen LogP contribution is -2.36. The Balaban J connectivity index is 1.73. The van der Waals surface area contributed by atoms with Gasteiger partial charge in [0.1, 0.15) is 13.2 Å². The Hall–Kier alpha value is -1.91. The number of benzene rings is 1. The number of para-hydroxylation sites is 1. The van der Waals surface area contributed by atoms with Gasteiger partial charge in [-0.3, -0.25) is 4.79 Å². The van der Waals surface area contributed by atoms with E-state index in [0.717, 1.165) is 36.7 Å². The number of hydrogen-bond acceptors (Lipinski definition) is 4. The summed E-state index contributed by atoms with van der Waals surface area (Å²) in [4.78, 5) is 13.7. The minimum absolute atomic E-state index is 0.117. The number of fused-ring (bicyclic) bond motifs is 1. The highest BCUT2D eigenvalue weighted by atomic mass is 16.6. The zero-order valence-corrected chi connectivity index (χ0v) is 11.7. The third kappa shape index (κ3) is 2.53. The van der Waals surface area contributed by atoms with Gasteiger partial charge >= 0.3 is 0 Å². The van der Waals surface area contributed by atoms with Crippen molar-refractivity contribution in [2.45, 2.75) is 25.8 Å². The fraction of sp³-hybridized carbons (Fsp3) is 0.533. The van der Waals surface area contributed by atoms with E-state index < -0.39 is 0 Å². The monoisotopic (exact) mass is 276 g/mol. The molecule has 1 aromatic rings. The molecule has 1 aromatic carbocycles. The first-order chi connectivity index (χ1) is 9.78. The van der Waals surface area contributed by atoms with E-state index in [9.17, 15) is 4.79 Å². The van der Waals surface area contributed by atoms with Gasteiger partial charge in [-0.15, -0.1) is 0 Å². The molecule has 1 saturated heterocycles. The van der Waals surface area contributed by atoms with Crippen molar-refractivity contribution in [3.63, 3.8) is 0 Å². The number of ether oxygens (including phenoxy) is 2. The molecule has 1 fully saturated rings. The number of carbonyl (C=O) groups excluding carboxylic acids is 1. The molecule has 0 saturated carbocycles. The summed E-state index contributed by atoms with van der Waals surface area (Å²) in [7, 11) is 0. The summed E-state index contributed by atoms with van der Waals surface area (Å²) in [5.74, 6) is 1.77. The van der Waals surface area contributed by atoms with E-state index in [-0.39, 0.29) is 11.9 Å². The summed E-state index contributed by atoms with van der Waals surface area (Å²) in [5, 5.41) is 3.06. The van der Waals surface area contributed by atoms with E-state index in [1.54, 1.807) is 0 Å². The Labute approximate surface area is 118 Å². The summed E-state index contributed by atoms with van der Waals surface area (Å²) in [5.41, 5.74) is 1.07. The van der Waals surface area contributed by atoms with Crippen LogP contribution in [-0.4, -0.2) is 38.3 Å². The summed E-state index contributed by atoms with van der Waals surface area (Å²) in [6.07, 6.45) is 1.50. The molecule has 108 valence electrons. The molecular formula is C15H20N2O3. The topological polar surface area (TPSA) is 50.8 Å². The molecule has 2 heterocycles. The van der Waals surface area contributed by atoms with Crippen LogP contribution in [0.2, 0.25) is 0 Å². The second-order valence-corrected chi connectivity index (χ2v) is 5.15. The maximum Gasteiger partial charge on any atom is 0.219 e. The van der Waals surface area contributed by atoms with Crippen LogP contribution in [0.5, 0.6) is 11.5 Å². The van der Waals surface area contributed by atoms with Crippen molar-refractivity contribution >= 4 is 11.6 Å². The molecule has 0 aliphatic carbocycles. The predicted octanol–water partition coefficient (Wildman–Crippen LogP) is 1.56. The van der Waals surface area contributed by atoms with Crippen LogP contribution in [0.15, 0.2) is 18.2 Å². The van der Waals surface area contributed by atoms with E-state index in [0.29, 0.717) is 19.6 Å². The standard InChI is InChI=1S/C15H20N2O3/c1-2-14(18)16-11-6-7-17(10-11)12-4-3-5-13-15(12)20-9-8-19-13/h3-5,11H,2,6-10H2,1H3,(H,16,18). The smallest absolute Gasteiger partial charge is 0.219 e. The second-order valence-electron chi connectivity index (χ2n) is 5.15. The number of rotatable bonds is 3. The Morgan fingerprint density at radius 1 is 1.40 bits per heavy atom. The highest BCUT2D eigenvalue weighted by Gasteiger charge is 2.27. The van der Waals surface area contributed by atoms with Crippen molar-refractivity contribution in [3.8, 4) is 11.5 Å². The Bertz CT molecular complexity index is 504. The highest BCUT2D eigenvalue weighted by Crippen LogP contribution is 2.40. The third-order valence-electron chi connectivity index (χ3n) is 3.76. The average molecular weight is 276 g/mol. The molecule has 0 radical (unpaired) electrons. The van der Waals surface area contributed by atoms with Crippen molar-refractivity contribution in [1.82, 2.24) is 5.32 Å². The quantitative estimate of drug-likeness (QED) is 0.910. The van der Waals surface area contributed by atoms with Gasteiger partial charge in [0.2, 0.25) is 5.91 Å². The van der Waals surface area contributed by atoms with Gasteiger partial charge in [-0.2, -0.15) is 0 Å². The number of nitrogens with one attached hydrogen (secondary N) is 1. The molecule has 0 bridgehead atoms. The van der Waals surface area contributed by atoms with Crippen LogP contribution >= 0.6 is 0 Å². The zero-order chi connectivity index (χ0) is 13.9. The molecule has 5 nitrogen and oxygen atoms in total. The number of nitrogens with zero attached hydrogens (tertiary/aromatic N) is 1. The molecule has 1 N–H and O–H groups in total. The molecule has 1 amide bonds. The zero-order valence-electron chi connectivity index (χ0n) is 11.7. The molecule has 2 aliphatic rings. The summed E-state index contributed by atoms with van der Waals surface area (Å²) in [6, 6.07) is 6.20. The van der Waals surface area contributed by atoms with Crippen molar-refractivity contribution < 1.29 is 14.3 Å². The Morgan fingerprint density at radius 3 is 3.10 bits per heavy atom. The number of hydrogen-bond donors (Lipinski definition) is 1. The number of amides is 1. The fourth-order valence-electron chi connectivity index (χ4n) is 2.73. The van der Waals surface area contributed by atoms with E-state index in [2.05, 4.69) is 16.3 Å². The van der Waals surface area contributed by atoms with Gasteiger partial charge in [0.05, 0.1) is 5.69 Å². The molecule has 2 aliphatic heterocycles. The van der Waals surface area contributed by atoms with Gasteiger partial charge in [0.25, 0.3) is 0 Å². The second kappa shape index (κ2) is 5.61. The highest BCUT2D eigenvalue weighted by molar-refractivity contribution is 5.76. The average Bonchev–Trinajstić information content (AvgIpc) is 2.94. The van der Waals surface area contributed by atoms with E-state index in [1.807, 2.05) is 19.1 Å². The minimum Gasteiger partial charge on any atom is -0.486 e. The van der Waals surface area contributed by atoms with Gasteiger partial charge in [0, 0.05) is 25.6 Å². The lowest BCUT2D eigenvalue weighted by molar-refractivity contribution is -0.121. The first kappa shape index (κ1) is 13.1. The van der Waals surface area contributed by atoms with Gasteiger partial charge in [-0.05, 0) is 18.6 Å². The molecule has 0 aromatic heterocycles. The summed E-state index contributed by atoms with van der Waals surface area (Å²) < 4.78 is 11.4. The molecule has 20 heavy (non-hydrogen) atoms. The van der Waals surface area contributed by atoms with Crippen LogP contribution < -0.4 is 19.7 Å². The van der Waals surface area contributed by atoms with Crippen molar-refractivity contribution in [1.29, 1.82) is 0 Å². The largest absolute Gasteiger partial charge is 0.486 e. The lowest BCUT2D eigenvalue weighted by atomic mass is 10.2. The molecule has 1 unspecified atom stereocenters. The Kier molecular flexibility index (Phi) is 3.67. The first-order valence-electron chi connectivity index (χ1n) is 7.21. The van der Waals surface area contributed by atoms with Crippen LogP contribution in [0.1, 0.15) is 19.8 Å². The molecule has 1 atom stereocenters. The maximum atomic E-state index is 11.5. The van der Waals surface area contributed by atoms with Crippen LogP contribution in [0.25, 0.3) is 0 Å². The van der Waals surface area contributed by atoms with Gasteiger partial charge in [-0.25, -0.2) is 0 Å². The van der Waals surface area contributed by atoms with Gasteiger partial charge in [0.15, 0.2) is 11.5 Å². The molecule has 0 spiro atoms. The fourth-order valence-corrected chi connectivity index (χ4v) is 2.73. The Morgan fingerprint density at radius 2 is 2.25 bits per heavy atom.